The fourth-order valence-corrected chi connectivity index (χ4v) is 2.28. The lowest BCUT2D eigenvalue weighted by Crippen LogP contribution is -2.22. The highest BCUT2D eigenvalue weighted by molar-refractivity contribution is 5.91. The van der Waals surface area contributed by atoms with Crippen LogP contribution in [0.2, 0.25) is 0 Å². The molecule has 0 saturated carbocycles. The van der Waals surface area contributed by atoms with Gasteiger partial charge in [0.2, 0.25) is 0 Å². The van der Waals surface area contributed by atoms with Gasteiger partial charge in [0, 0.05) is 13.2 Å². The van der Waals surface area contributed by atoms with E-state index in [1.54, 1.807) is 6.07 Å². The molecule has 1 aliphatic heterocycles. The van der Waals surface area contributed by atoms with Crippen LogP contribution in [0.15, 0.2) is 24.3 Å². The van der Waals surface area contributed by atoms with E-state index in [1.807, 2.05) is 18.2 Å². The smallest absolute Gasteiger partial charge is 0.338 e. The highest BCUT2D eigenvalue weighted by Gasteiger charge is 2.17. The van der Waals surface area contributed by atoms with Gasteiger partial charge in [-0.1, -0.05) is 18.2 Å². The van der Waals surface area contributed by atoms with E-state index in [1.165, 1.54) is 0 Å². The minimum absolute atomic E-state index is 0.240. The third kappa shape index (κ3) is 4.04. The molecule has 0 amide bonds. The Hall–Kier alpha value is -1.39. The van der Waals surface area contributed by atoms with E-state index >= 15 is 0 Å². The lowest BCUT2D eigenvalue weighted by atomic mass is 10.0. The zero-order valence-corrected chi connectivity index (χ0v) is 11.1. The molecule has 0 aliphatic carbocycles. The summed E-state index contributed by atoms with van der Waals surface area (Å²) < 4.78 is 10.7. The summed E-state index contributed by atoms with van der Waals surface area (Å²) in [6.45, 7) is 2.56. The summed E-state index contributed by atoms with van der Waals surface area (Å²) in [4.78, 5) is 12.1. The average Bonchev–Trinajstić information content (AvgIpc) is 2.47. The zero-order valence-electron chi connectivity index (χ0n) is 11.1. The molecule has 0 atom stereocenters. The van der Waals surface area contributed by atoms with Gasteiger partial charge in [0.25, 0.3) is 0 Å². The second kappa shape index (κ2) is 7.26. The van der Waals surface area contributed by atoms with Crippen molar-refractivity contribution in [2.45, 2.75) is 19.3 Å². The van der Waals surface area contributed by atoms with Crippen molar-refractivity contribution in [1.29, 1.82) is 0 Å². The Balaban J connectivity index is 1.91. The monoisotopic (exact) mass is 263 g/mol. The van der Waals surface area contributed by atoms with E-state index in [0.29, 0.717) is 31.1 Å². The second-order valence-electron chi connectivity index (χ2n) is 4.85. The van der Waals surface area contributed by atoms with E-state index in [-0.39, 0.29) is 5.97 Å². The van der Waals surface area contributed by atoms with Gasteiger partial charge in [0.05, 0.1) is 12.2 Å². The van der Waals surface area contributed by atoms with Crippen molar-refractivity contribution < 1.29 is 14.3 Å². The van der Waals surface area contributed by atoms with Crippen molar-refractivity contribution in [2.24, 2.45) is 11.7 Å². The molecule has 1 aromatic carbocycles. The molecule has 4 nitrogen and oxygen atoms in total. The van der Waals surface area contributed by atoms with Crippen molar-refractivity contribution >= 4 is 5.97 Å². The van der Waals surface area contributed by atoms with Crippen LogP contribution >= 0.6 is 0 Å². The Bertz CT molecular complexity index is 414. The van der Waals surface area contributed by atoms with Crippen molar-refractivity contribution in [3.05, 3.63) is 35.4 Å². The summed E-state index contributed by atoms with van der Waals surface area (Å²) in [5, 5.41) is 0. The summed E-state index contributed by atoms with van der Waals surface area (Å²) in [7, 11) is 0. The number of esters is 1. The van der Waals surface area contributed by atoms with E-state index in [9.17, 15) is 4.79 Å². The molecule has 0 bridgehead atoms. The van der Waals surface area contributed by atoms with Crippen LogP contribution in [-0.2, 0) is 15.9 Å². The van der Waals surface area contributed by atoms with Crippen LogP contribution in [-0.4, -0.2) is 32.3 Å². The minimum Gasteiger partial charge on any atom is -0.462 e. The van der Waals surface area contributed by atoms with E-state index in [2.05, 4.69) is 0 Å². The van der Waals surface area contributed by atoms with Gasteiger partial charge in [-0.25, -0.2) is 4.79 Å². The topological polar surface area (TPSA) is 61.6 Å². The summed E-state index contributed by atoms with van der Waals surface area (Å²) in [6.07, 6.45) is 2.64. The average molecular weight is 263 g/mol. The first-order valence-electron chi connectivity index (χ1n) is 6.84. The molecule has 1 saturated heterocycles. The maximum Gasteiger partial charge on any atom is 0.338 e. The lowest BCUT2D eigenvalue weighted by molar-refractivity contribution is 0.0185. The van der Waals surface area contributed by atoms with Crippen LogP contribution in [0.3, 0.4) is 0 Å². The molecule has 104 valence electrons. The van der Waals surface area contributed by atoms with Gasteiger partial charge in [-0.05, 0) is 43.4 Å². The summed E-state index contributed by atoms with van der Waals surface area (Å²) in [5.74, 6) is 0.190. The highest BCUT2D eigenvalue weighted by Crippen LogP contribution is 2.17. The molecular weight excluding hydrogens is 242 g/mol. The number of nitrogens with two attached hydrogens (primary N) is 1. The van der Waals surface area contributed by atoms with Gasteiger partial charge in [0.1, 0.15) is 0 Å². The lowest BCUT2D eigenvalue weighted by Gasteiger charge is -2.21. The van der Waals surface area contributed by atoms with Crippen LogP contribution in [0.4, 0.5) is 0 Å². The van der Waals surface area contributed by atoms with Crippen LogP contribution in [0.1, 0.15) is 28.8 Å². The normalized spacial score (nSPS) is 16.3. The number of hydrogen-bond acceptors (Lipinski definition) is 4. The Morgan fingerprint density at radius 1 is 1.32 bits per heavy atom. The molecule has 0 spiro atoms. The predicted octanol–water partition coefficient (Wildman–Crippen LogP) is 1.77. The second-order valence-corrected chi connectivity index (χ2v) is 4.85. The van der Waals surface area contributed by atoms with Gasteiger partial charge in [-0.15, -0.1) is 0 Å². The Morgan fingerprint density at radius 2 is 2.05 bits per heavy atom. The number of benzene rings is 1. The number of rotatable bonds is 5. The first-order chi connectivity index (χ1) is 9.31. The van der Waals surface area contributed by atoms with Crippen molar-refractivity contribution in [3.8, 4) is 0 Å². The number of carbonyl (C=O) groups is 1. The first kappa shape index (κ1) is 14.0. The van der Waals surface area contributed by atoms with Crippen LogP contribution in [0.5, 0.6) is 0 Å². The molecule has 1 fully saturated rings. The molecular formula is C15H21NO3. The fourth-order valence-electron chi connectivity index (χ4n) is 2.28. The molecule has 0 aromatic heterocycles. The van der Waals surface area contributed by atoms with Crippen LogP contribution < -0.4 is 5.73 Å². The van der Waals surface area contributed by atoms with E-state index < -0.39 is 0 Å². The van der Waals surface area contributed by atoms with Crippen molar-refractivity contribution in [2.75, 3.05) is 26.4 Å². The predicted molar refractivity (Wildman–Crippen MR) is 73.0 cm³/mol. The largest absolute Gasteiger partial charge is 0.462 e. The number of ether oxygens (including phenoxy) is 2. The van der Waals surface area contributed by atoms with E-state index in [4.69, 9.17) is 15.2 Å². The molecule has 4 heteroatoms. The molecule has 2 N–H and O–H groups in total. The fraction of sp³-hybridized carbons (Fsp3) is 0.533. The summed E-state index contributed by atoms with van der Waals surface area (Å²) in [5.41, 5.74) is 7.15. The zero-order chi connectivity index (χ0) is 13.5. The molecule has 0 radical (unpaired) electrons. The van der Waals surface area contributed by atoms with Gasteiger partial charge in [-0.2, -0.15) is 0 Å². The Kier molecular flexibility index (Phi) is 5.36. The van der Waals surface area contributed by atoms with Crippen LogP contribution in [0, 0.1) is 5.92 Å². The standard InChI is InChI=1S/C15H21NO3/c16-8-5-13-3-1-2-4-14(13)15(17)19-11-12-6-9-18-10-7-12/h1-4,12H,5-11,16H2. The molecule has 1 aromatic rings. The Morgan fingerprint density at radius 3 is 2.79 bits per heavy atom. The minimum atomic E-state index is -0.240. The maximum atomic E-state index is 12.1. The van der Waals surface area contributed by atoms with E-state index in [0.717, 1.165) is 31.6 Å². The van der Waals surface area contributed by atoms with Gasteiger partial charge in [-0.3, -0.25) is 0 Å². The maximum absolute atomic E-state index is 12.1. The Labute approximate surface area is 113 Å². The highest BCUT2D eigenvalue weighted by atomic mass is 16.5. The summed E-state index contributed by atoms with van der Waals surface area (Å²) in [6, 6.07) is 7.50. The molecule has 1 aliphatic rings. The number of hydrogen-bond donors (Lipinski definition) is 1. The van der Waals surface area contributed by atoms with Crippen molar-refractivity contribution in [1.82, 2.24) is 0 Å². The third-order valence-electron chi connectivity index (χ3n) is 3.44. The van der Waals surface area contributed by atoms with Gasteiger partial charge < -0.3 is 15.2 Å². The molecule has 0 unspecified atom stereocenters. The quantitative estimate of drug-likeness (QED) is 0.822. The molecule has 2 rings (SSSR count). The van der Waals surface area contributed by atoms with Gasteiger partial charge >= 0.3 is 5.97 Å². The van der Waals surface area contributed by atoms with Crippen molar-refractivity contribution in [3.63, 3.8) is 0 Å². The molecule has 1 heterocycles. The number of carbonyl (C=O) groups excluding carboxylic acids is 1. The van der Waals surface area contributed by atoms with Gasteiger partial charge in [0.15, 0.2) is 0 Å². The molecule has 19 heavy (non-hydrogen) atoms. The first-order valence-corrected chi connectivity index (χ1v) is 6.84. The third-order valence-corrected chi connectivity index (χ3v) is 3.44. The SMILES string of the molecule is NCCc1ccccc1C(=O)OCC1CCOCC1. The van der Waals surface area contributed by atoms with Crippen LogP contribution in [0.25, 0.3) is 0 Å². The summed E-state index contributed by atoms with van der Waals surface area (Å²) >= 11 is 0.